The maximum absolute atomic E-state index is 12.8. The van der Waals surface area contributed by atoms with Crippen molar-refractivity contribution in [3.8, 4) is 0 Å². The molecular weight excluding hydrogens is 370 g/mol. The lowest BCUT2D eigenvalue weighted by molar-refractivity contribution is -0.123. The van der Waals surface area contributed by atoms with Crippen LogP contribution in [-0.2, 0) is 9.59 Å². The summed E-state index contributed by atoms with van der Waals surface area (Å²) in [6, 6.07) is 6.68. The summed E-state index contributed by atoms with van der Waals surface area (Å²) in [7, 11) is 0. The fraction of sp³-hybridized carbons (Fsp3) is 0.333. The molecule has 2 aliphatic rings. The summed E-state index contributed by atoms with van der Waals surface area (Å²) in [5.41, 5.74) is 0.267. The average molecular weight is 388 g/mol. The van der Waals surface area contributed by atoms with E-state index in [1.54, 1.807) is 24.3 Å². The number of halogens is 1. The smallest absolute Gasteiger partial charge is 0.258 e. The van der Waals surface area contributed by atoms with Crippen LogP contribution < -0.4 is 21.1 Å². The van der Waals surface area contributed by atoms with Crippen molar-refractivity contribution in [2.75, 3.05) is 28.6 Å². The highest BCUT2D eigenvalue weighted by atomic mass is 35.5. The van der Waals surface area contributed by atoms with Crippen LogP contribution in [0.25, 0.3) is 0 Å². The molecule has 0 spiro atoms. The third kappa shape index (κ3) is 3.52. The van der Waals surface area contributed by atoms with Crippen LogP contribution in [0, 0.1) is 0 Å². The number of hydrogen-bond acceptors (Lipinski definition) is 5. The lowest BCUT2D eigenvalue weighted by atomic mass is 9.92. The second-order valence-corrected chi connectivity index (χ2v) is 7.09. The van der Waals surface area contributed by atoms with Gasteiger partial charge < -0.3 is 15.5 Å². The van der Waals surface area contributed by atoms with Crippen LogP contribution in [0.2, 0.25) is 5.02 Å². The normalized spacial score (nSPS) is 18.8. The number of aromatic amines is 1. The van der Waals surface area contributed by atoms with Gasteiger partial charge in [0.1, 0.15) is 5.82 Å². The summed E-state index contributed by atoms with van der Waals surface area (Å²) in [5, 5.41) is 5.82. The van der Waals surface area contributed by atoms with Crippen LogP contribution in [0.15, 0.2) is 29.1 Å². The van der Waals surface area contributed by atoms with Gasteiger partial charge in [0.25, 0.3) is 5.56 Å². The van der Waals surface area contributed by atoms with Gasteiger partial charge in [-0.1, -0.05) is 17.7 Å². The largest absolute Gasteiger partial charge is 0.342 e. The van der Waals surface area contributed by atoms with E-state index in [9.17, 15) is 14.4 Å². The molecule has 0 unspecified atom stereocenters. The number of nitrogens with zero attached hydrogens (tertiary/aromatic N) is 2. The zero-order valence-corrected chi connectivity index (χ0v) is 15.2. The van der Waals surface area contributed by atoms with Gasteiger partial charge in [-0.2, -0.15) is 4.98 Å². The highest BCUT2D eigenvalue weighted by Gasteiger charge is 2.35. The molecular formula is C18H18ClN5O3. The van der Waals surface area contributed by atoms with E-state index in [1.807, 2.05) is 4.90 Å². The molecule has 0 bridgehead atoms. The van der Waals surface area contributed by atoms with Gasteiger partial charge in [0.05, 0.1) is 11.5 Å². The lowest BCUT2D eigenvalue weighted by Gasteiger charge is -2.25. The van der Waals surface area contributed by atoms with Crippen LogP contribution in [-0.4, -0.2) is 34.9 Å². The van der Waals surface area contributed by atoms with Gasteiger partial charge in [0, 0.05) is 30.2 Å². The molecule has 140 valence electrons. The van der Waals surface area contributed by atoms with Crippen molar-refractivity contribution in [3.05, 3.63) is 45.2 Å². The van der Waals surface area contributed by atoms with E-state index in [2.05, 4.69) is 20.6 Å². The number of rotatable bonds is 3. The first-order chi connectivity index (χ1) is 13.0. The number of carbonyl (C=O) groups excluding carboxylic acids is 2. The molecule has 2 aliphatic heterocycles. The number of fused-ring (bicyclic) bond motifs is 1. The number of hydrogen-bond donors (Lipinski definition) is 3. The highest BCUT2D eigenvalue weighted by Crippen LogP contribution is 2.30. The van der Waals surface area contributed by atoms with Crippen LogP contribution >= 0.6 is 11.6 Å². The van der Waals surface area contributed by atoms with Gasteiger partial charge in [-0.15, -0.1) is 0 Å². The van der Waals surface area contributed by atoms with Gasteiger partial charge in [-0.05, 0) is 31.0 Å². The molecule has 1 aromatic heterocycles. The number of benzene rings is 1. The van der Waals surface area contributed by atoms with E-state index in [1.165, 1.54) is 0 Å². The number of anilines is 3. The average Bonchev–Trinajstić information content (AvgIpc) is 3.15. The molecule has 1 atom stereocenters. The van der Waals surface area contributed by atoms with Crippen molar-refractivity contribution in [3.63, 3.8) is 0 Å². The summed E-state index contributed by atoms with van der Waals surface area (Å²) in [6.45, 7) is 1.60. The first-order valence-corrected chi connectivity index (χ1v) is 9.14. The molecule has 1 aromatic carbocycles. The molecule has 0 aliphatic carbocycles. The molecule has 9 heteroatoms. The fourth-order valence-corrected chi connectivity index (χ4v) is 3.65. The Labute approximate surface area is 159 Å². The predicted octanol–water partition coefficient (Wildman–Crippen LogP) is 2.09. The Morgan fingerprint density at radius 2 is 2.04 bits per heavy atom. The Morgan fingerprint density at radius 1 is 1.26 bits per heavy atom. The van der Waals surface area contributed by atoms with E-state index < -0.39 is 17.4 Å². The van der Waals surface area contributed by atoms with Crippen LogP contribution in [0.4, 0.5) is 17.5 Å². The SMILES string of the molecule is O=C1C[C@H](C(=O)Nc2cccc(Cl)c2)c2c(nc(N3CCCC3)[nH]c2=O)N1. The summed E-state index contributed by atoms with van der Waals surface area (Å²) < 4.78 is 0. The summed E-state index contributed by atoms with van der Waals surface area (Å²) in [6.07, 6.45) is 1.93. The Balaban J connectivity index is 1.66. The minimum atomic E-state index is -0.920. The van der Waals surface area contributed by atoms with E-state index in [0.29, 0.717) is 16.7 Å². The standard InChI is InChI=1S/C18H18ClN5O3/c19-10-4-3-5-11(8-10)20-16(26)12-9-13(25)21-15-14(12)17(27)23-18(22-15)24-6-1-2-7-24/h3-5,8,12H,1-2,6-7,9H2,(H,20,26)(H2,21,22,23,25,27)/t12-/m0/s1. The molecule has 0 saturated carbocycles. The zero-order valence-electron chi connectivity index (χ0n) is 14.4. The van der Waals surface area contributed by atoms with Crippen LogP contribution in [0.5, 0.6) is 0 Å². The molecule has 3 N–H and O–H groups in total. The van der Waals surface area contributed by atoms with Crippen molar-refractivity contribution in [1.82, 2.24) is 9.97 Å². The van der Waals surface area contributed by atoms with Crippen molar-refractivity contribution in [2.45, 2.75) is 25.2 Å². The van der Waals surface area contributed by atoms with E-state index in [0.717, 1.165) is 25.9 Å². The Bertz CT molecular complexity index is 968. The third-order valence-electron chi connectivity index (χ3n) is 4.75. The van der Waals surface area contributed by atoms with Crippen molar-refractivity contribution in [2.24, 2.45) is 0 Å². The predicted molar refractivity (Wildman–Crippen MR) is 102 cm³/mol. The minimum absolute atomic E-state index is 0.118. The van der Waals surface area contributed by atoms with E-state index >= 15 is 0 Å². The van der Waals surface area contributed by atoms with Gasteiger partial charge >= 0.3 is 0 Å². The lowest BCUT2D eigenvalue weighted by Crippen LogP contribution is -2.37. The van der Waals surface area contributed by atoms with E-state index in [-0.39, 0.29) is 23.7 Å². The molecule has 0 radical (unpaired) electrons. The molecule has 1 saturated heterocycles. The third-order valence-corrected chi connectivity index (χ3v) is 4.99. The maximum Gasteiger partial charge on any atom is 0.258 e. The zero-order chi connectivity index (χ0) is 19.0. The van der Waals surface area contributed by atoms with Crippen molar-refractivity contribution >= 4 is 40.9 Å². The molecule has 27 heavy (non-hydrogen) atoms. The first kappa shape index (κ1) is 17.5. The van der Waals surface area contributed by atoms with Crippen LogP contribution in [0.3, 0.4) is 0 Å². The number of amides is 2. The first-order valence-electron chi connectivity index (χ1n) is 8.77. The second kappa shape index (κ2) is 7.03. The summed E-state index contributed by atoms with van der Waals surface area (Å²) in [4.78, 5) is 46.7. The van der Waals surface area contributed by atoms with Crippen LogP contribution in [0.1, 0.15) is 30.7 Å². The molecule has 2 amide bonds. The molecule has 2 aromatic rings. The van der Waals surface area contributed by atoms with E-state index in [4.69, 9.17) is 11.6 Å². The van der Waals surface area contributed by atoms with Gasteiger partial charge in [-0.3, -0.25) is 19.4 Å². The topological polar surface area (TPSA) is 107 Å². The molecule has 1 fully saturated rings. The second-order valence-electron chi connectivity index (χ2n) is 6.65. The maximum atomic E-state index is 12.8. The Kier molecular flexibility index (Phi) is 4.57. The summed E-state index contributed by atoms with van der Waals surface area (Å²) >= 11 is 5.94. The molecule has 8 nitrogen and oxygen atoms in total. The van der Waals surface area contributed by atoms with Crippen molar-refractivity contribution in [1.29, 1.82) is 0 Å². The quantitative estimate of drug-likeness (QED) is 0.747. The number of nitrogens with one attached hydrogen (secondary N) is 3. The van der Waals surface area contributed by atoms with Gasteiger partial charge in [-0.25, -0.2) is 0 Å². The fourth-order valence-electron chi connectivity index (χ4n) is 3.46. The molecule has 4 rings (SSSR count). The molecule has 3 heterocycles. The monoisotopic (exact) mass is 387 g/mol. The highest BCUT2D eigenvalue weighted by molar-refractivity contribution is 6.30. The van der Waals surface area contributed by atoms with Crippen molar-refractivity contribution < 1.29 is 9.59 Å². The Morgan fingerprint density at radius 3 is 2.78 bits per heavy atom. The Hall–Kier alpha value is -2.87. The number of carbonyl (C=O) groups is 2. The van der Waals surface area contributed by atoms with Gasteiger partial charge in [0.15, 0.2) is 0 Å². The number of H-pyrrole nitrogens is 1. The minimum Gasteiger partial charge on any atom is -0.342 e. The summed E-state index contributed by atoms with van der Waals surface area (Å²) in [5.74, 6) is -1.14. The van der Waals surface area contributed by atoms with Gasteiger partial charge in [0.2, 0.25) is 17.8 Å². The number of aromatic nitrogens is 2.